The van der Waals surface area contributed by atoms with Crippen LogP contribution < -0.4 is 43.0 Å². The summed E-state index contributed by atoms with van der Waals surface area (Å²) in [5.74, 6) is -5.55. The minimum atomic E-state index is -1.34. The lowest BCUT2D eigenvalue weighted by molar-refractivity contribution is -0.142. The van der Waals surface area contributed by atoms with Crippen LogP contribution in [-0.4, -0.2) is 115 Å². The number of rotatable bonds is 33. The van der Waals surface area contributed by atoms with E-state index in [0.717, 1.165) is 48.8 Å². The van der Waals surface area contributed by atoms with Crippen molar-refractivity contribution in [2.75, 3.05) is 44.6 Å². The molecule has 63 heavy (non-hydrogen) atoms. The highest BCUT2D eigenvalue weighted by molar-refractivity contribution is 5.90. The van der Waals surface area contributed by atoms with Gasteiger partial charge in [0.15, 0.2) is 5.78 Å². The predicted octanol–water partition coefficient (Wildman–Crippen LogP) is 2.25. The first-order valence-corrected chi connectivity index (χ1v) is 21.8. The lowest BCUT2D eigenvalue weighted by Gasteiger charge is -2.23. The normalized spacial score (nSPS) is 12.8. The van der Waals surface area contributed by atoms with Gasteiger partial charge in [0.05, 0.1) is 12.6 Å². The number of ketones is 1. The molecule has 0 saturated heterocycles. The molecule has 0 bridgehead atoms. The van der Waals surface area contributed by atoms with Gasteiger partial charge in [-0.3, -0.25) is 33.6 Å². The van der Waals surface area contributed by atoms with Crippen LogP contribution in [0.1, 0.15) is 97.0 Å². The molecule has 0 aromatic heterocycles. The maximum Gasteiger partial charge on any atom is 0.326 e. The number of aliphatic carboxylic acids is 2. The first kappa shape index (κ1) is 53.4. The van der Waals surface area contributed by atoms with Gasteiger partial charge in [-0.25, -0.2) is 4.79 Å². The zero-order valence-corrected chi connectivity index (χ0v) is 36.9. The summed E-state index contributed by atoms with van der Waals surface area (Å²) in [4.78, 5) is 97.9. The number of anilines is 1. The second-order valence-corrected chi connectivity index (χ2v) is 15.7. The van der Waals surface area contributed by atoms with E-state index >= 15 is 0 Å². The van der Waals surface area contributed by atoms with Crippen LogP contribution in [0, 0.1) is 5.92 Å². The van der Waals surface area contributed by atoms with Gasteiger partial charge in [-0.05, 0) is 67.5 Å². The first-order valence-electron chi connectivity index (χ1n) is 21.8. The third-order valence-corrected chi connectivity index (χ3v) is 10.1. The highest BCUT2D eigenvalue weighted by Crippen LogP contribution is 2.24. The number of Topliss-reactive ketones (excluding diaryl/α,β-unsaturated/α-hetero) is 1. The Labute approximate surface area is 370 Å². The summed E-state index contributed by atoms with van der Waals surface area (Å²) in [6, 6.07) is 12.7. The number of nitrogens with one attached hydrogen (secondary N) is 7. The topological polar surface area (TPSA) is 287 Å². The van der Waals surface area contributed by atoms with Crippen molar-refractivity contribution in [1.29, 1.82) is 0 Å². The molecule has 0 spiro atoms. The Morgan fingerprint density at radius 2 is 1.33 bits per heavy atom. The number of amides is 5. The van der Waals surface area contributed by atoms with Gasteiger partial charge in [-0.15, -0.1) is 0 Å². The molecule has 0 fully saturated rings. The monoisotopic (exact) mass is 881 g/mol. The number of unbranched alkanes of at least 4 members (excludes halogenated alkanes) is 3. The number of carboxylic acids is 2. The number of hydrogen-bond acceptors (Lipinski definition) is 11. The van der Waals surface area contributed by atoms with Crippen LogP contribution in [0.3, 0.4) is 0 Å². The van der Waals surface area contributed by atoms with E-state index in [2.05, 4.69) is 44.1 Å². The molecule has 0 unspecified atom stereocenters. The maximum atomic E-state index is 14.1. The first-order chi connectivity index (χ1) is 30.1. The summed E-state index contributed by atoms with van der Waals surface area (Å²) in [7, 11) is 0. The lowest BCUT2D eigenvalue weighted by Crippen LogP contribution is -2.46. The summed E-state index contributed by atoms with van der Waals surface area (Å²) in [6.07, 6.45) is 5.13. The van der Waals surface area contributed by atoms with Gasteiger partial charge >= 0.3 is 11.9 Å². The van der Waals surface area contributed by atoms with E-state index in [1.165, 1.54) is 13.8 Å². The second-order valence-electron chi connectivity index (χ2n) is 15.7. The number of carbonyl (C=O) groups excluding carboxylic acids is 6. The van der Waals surface area contributed by atoms with Gasteiger partial charge in [-0.1, -0.05) is 69.0 Å². The summed E-state index contributed by atoms with van der Waals surface area (Å²) in [5, 5.41) is 38.1. The van der Waals surface area contributed by atoms with E-state index in [1.807, 2.05) is 36.4 Å². The zero-order chi connectivity index (χ0) is 46.6. The zero-order valence-electron chi connectivity index (χ0n) is 36.9. The Bertz CT molecular complexity index is 1770. The van der Waals surface area contributed by atoms with Crippen LogP contribution in [0.15, 0.2) is 48.5 Å². The molecule has 2 aromatic carbocycles. The molecule has 4 atom stereocenters. The van der Waals surface area contributed by atoms with E-state index < -0.39 is 47.7 Å². The fourth-order valence-electron chi connectivity index (χ4n) is 6.68. The van der Waals surface area contributed by atoms with Crippen LogP contribution in [-0.2, 0) is 44.8 Å². The van der Waals surface area contributed by atoms with Crippen LogP contribution >= 0.6 is 0 Å². The molecule has 0 radical (unpaired) electrons. The SMILES string of the molecule is CCCCCC[C@H](N)CNCC[C@H](NCCNC(=O)CNC(C)=O)C(=O)C[C@H](Cc1ccc(-c2ccc(NC(C)=O)cc2)cc1)C(=O)NCC[C@@H](NC(=O)CCCC(=O)O)C(=O)O. The summed E-state index contributed by atoms with van der Waals surface area (Å²) < 4.78 is 0. The maximum absolute atomic E-state index is 14.1. The van der Waals surface area contributed by atoms with Crippen LogP contribution in [0.25, 0.3) is 11.1 Å². The van der Waals surface area contributed by atoms with E-state index in [1.54, 1.807) is 12.1 Å². The molecule has 11 N–H and O–H groups in total. The van der Waals surface area contributed by atoms with E-state index in [4.69, 9.17) is 10.8 Å². The number of hydrogen-bond donors (Lipinski definition) is 10. The quantitative estimate of drug-likeness (QED) is 0.0461. The van der Waals surface area contributed by atoms with Crippen molar-refractivity contribution in [2.45, 2.75) is 116 Å². The third kappa shape index (κ3) is 23.9. The summed E-state index contributed by atoms with van der Waals surface area (Å²) >= 11 is 0. The average molecular weight is 881 g/mol. The van der Waals surface area contributed by atoms with Gasteiger partial charge in [0.2, 0.25) is 29.5 Å². The lowest BCUT2D eigenvalue weighted by atomic mass is 9.90. The number of carbonyl (C=O) groups is 8. The number of benzene rings is 2. The van der Waals surface area contributed by atoms with Crippen LogP contribution in [0.5, 0.6) is 0 Å². The van der Waals surface area contributed by atoms with Crippen molar-refractivity contribution in [2.24, 2.45) is 11.7 Å². The van der Waals surface area contributed by atoms with E-state index in [0.29, 0.717) is 25.2 Å². The average Bonchev–Trinajstić information content (AvgIpc) is 3.23. The summed E-state index contributed by atoms with van der Waals surface area (Å²) in [6.45, 7) is 5.97. The molecule has 18 heteroatoms. The Hall–Kier alpha value is -5.72. The molecular weight excluding hydrogens is 813 g/mol. The third-order valence-electron chi connectivity index (χ3n) is 10.1. The highest BCUT2D eigenvalue weighted by Gasteiger charge is 2.28. The number of carboxylic acid groups (broad SMARTS) is 2. The minimum Gasteiger partial charge on any atom is -0.481 e. The molecule has 0 aliphatic heterocycles. The van der Waals surface area contributed by atoms with Gasteiger partial charge in [0, 0.05) is 76.9 Å². The molecule has 2 aromatic rings. The Kier molecular flexibility index (Phi) is 25.7. The van der Waals surface area contributed by atoms with Crippen molar-refractivity contribution in [3.05, 3.63) is 54.1 Å². The Balaban J connectivity index is 2.24. The standard InChI is InChI=1S/C45H68N8O10/c1-4-5-6-7-9-36(46)28-47-22-20-38(48-24-25-49-42(58)29-51-30(2)54)40(56)27-35(44(61)50-23-21-39(45(62)63)53-41(57)10-8-11-43(59)60)26-32-12-14-33(15-13-32)34-16-18-37(19-17-34)52-31(3)55/h12-19,35-36,38-39,47-48H,4-11,20-29,46H2,1-3H3,(H,49,58)(H,50,61)(H,51,54)(H,52,55)(H,53,57)(H,59,60)(H,62,63)/t35-,36-,38-,39+/m0/s1. The molecule has 18 nitrogen and oxygen atoms in total. The molecule has 348 valence electrons. The highest BCUT2D eigenvalue weighted by atomic mass is 16.4. The fraction of sp³-hybridized carbons (Fsp3) is 0.556. The van der Waals surface area contributed by atoms with Crippen molar-refractivity contribution < 1.29 is 48.6 Å². The Morgan fingerprint density at radius 3 is 1.95 bits per heavy atom. The largest absolute Gasteiger partial charge is 0.481 e. The van der Waals surface area contributed by atoms with E-state index in [-0.39, 0.29) is 88.3 Å². The second kappa shape index (κ2) is 30.3. The predicted molar refractivity (Wildman–Crippen MR) is 239 cm³/mol. The molecule has 0 heterocycles. The summed E-state index contributed by atoms with van der Waals surface area (Å²) in [5.41, 5.74) is 9.53. The van der Waals surface area contributed by atoms with Gasteiger partial charge < -0.3 is 53.2 Å². The molecule has 2 rings (SSSR count). The number of nitrogens with two attached hydrogens (primary N) is 1. The Morgan fingerprint density at radius 1 is 0.667 bits per heavy atom. The van der Waals surface area contributed by atoms with E-state index in [9.17, 15) is 43.5 Å². The van der Waals surface area contributed by atoms with Gasteiger partial charge in [0.1, 0.15) is 6.04 Å². The van der Waals surface area contributed by atoms with Crippen LogP contribution in [0.2, 0.25) is 0 Å². The van der Waals surface area contributed by atoms with Crippen LogP contribution in [0.4, 0.5) is 5.69 Å². The van der Waals surface area contributed by atoms with Gasteiger partial charge in [-0.2, -0.15) is 0 Å². The molecule has 5 amide bonds. The molecule has 0 saturated carbocycles. The fourth-order valence-corrected chi connectivity index (χ4v) is 6.68. The molecule has 0 aliphatic carbocycles. The molecular formula is C45H68N8O10. The van der Waals surface area contributed by atoms with Crippen molar-refractivity contribution in [3.63, 3.8) is 0 Å². The van der Waals surface area contributed by atoms with Crippen molar-refractivity contribution in [1.82, 2.24) is 31.9 Å². The minimum absolute atomic E-state index is 0.0393. The van der Waals surface area contributed by atoms with Gasteiger partial charge in [0.25, 0.3) is 0 Å². The van der Waals surface area contributed by atoms with Crippen molar-refractivity contribution in [3.8, 4) is 11.1 Å². The molecule has 0 aliphatic rings. The smallest absolute Gasteiger partial charge is 0.326 e. The van der Waals surface area contributed by atoms with Crippen molar-refractivity contribution >= 4 is 52.9 Å².